The minimum Gasteiger partial charge on any atom is -0.507 e. The Labute approximate surface area is 90.7 Å². The highest BCUT2D eigenvalue weighted by molar-refractivity contribution is 5.92. The molecule has 84 valence electrons. The van der Waals surface area contributed by atoms with Crippen molar-refractivity contribution in [3.8, 4) is 5.75 Å². The first-order valence-electron chi connectivity index (χ1n) is 4.19. The van der Waals surface area contributed by atoms with E-state index in [0.717, 1.165) is 0 Å². The second kappa shape index (κ2) is 4.78. The van der Waals surface area contributed by atoms with Crippen LogP contribution >= 0.6 is 0 Å². The van der Waals surface area contributed by atoms with Crippen molar-refractivity contribution in [3.63, 3.8) is 0 Å². The Kier molecular flexibility index (Phi) is 3.44. The second-order valence-corrected chi connectivity index (χ2v) is 2.85. The van der Waals surface area contributed by atoms with Gasteiger partial charge in [-0.05, 0) is 17.7 Å². The van der Waals surface area contributed by atoms with Crippen LogP contribution in [-0.2, 0) is 0 Å². The number of rotatable bonds is 3. The van der Waals surface area contributed by atoms with E-state index < -0.39 is 5.97 Å². The van der Waals surface area contributed by atoms with Gasteiger partial charge in [0.25, 0.3) is 0 Å². The molecule has 0 atom stereocenters. The number of nitrogens with zero attached hydrogens (tertiary/aromatic N) is 2. The van der Waals surface area contributed by atoms with Gasteiger partial charge in [-0.2, -0.15) is 5.10 Å². The topological polar surface area (TPSA) is 134 Å². The van der Waals surface area contributed by atoms with Gasteiger partial charge in [0.1, 0.15) is 11.3 Å². The van der Waals surface area contributed by atoms with Crippen LogP contribution in [0.4, 0.5) is 0 Å². The molecule has 7 heteroatoms. The summed E-state index contributed by atoms with van der Waals surface area (Å²) in [6.07, 6.45) is 1.28. The number of hydrogen-bond acceptors (Lipinski definition) is 4. The monoisotopic (exact) mass is 222 g/mol. The van der Waals surface area contributed by atoms with Crippen LogP contribution in [-0.4, -0.2) is 28.4 Å². The zero-order valence-corrected chi connectivity index (χ0v) is 8.16. The van der Waals surface area contributed by atoms with Crippen LogP contribution in [0, 0.1) is 0 Å². The number of hydrogen-bond donors (Lipinski definition) is 4. The van der Waals surface area contributed by atoms with E-state index in [4.69, 9.17) is 16.6 Å². The number of nitrogens with two attached hydrogens (primary N) is 2. The van der Waals surface area contributed by atoms with Crippen LogP contribution in [0.1, 0.15) is 15.9 Å². The molecule has 0 heterocycles. The molecule has 1 rings (SSSR count). The van der Waals surface area contributed by atoms with Crippen molar-refractivity contribution in [2.45, 2.75) is 0 Å². The van der Waals surface area contributed by atoms with E-state index in [2.05, 4.69) is 10.2 Å². The highest BCUT2D eigenvalue weighted by Crippen LogP contribution is 2.17. The molecule has 0 unspecified atom stereocenters. The highest BCUT2D eigenvalue weighted by Gasteiger charge is 2.08. The van der Waals surface area contributed by atoms with E-state index in [9.17, 15) is 9.90 Å². The molecule has 0 radical (unpaired) electrons. The summed E-state index contributed by atoms with van der Waals surface area (Å²) in [4.78, 5) is 10.6. The summed E-state index contributed by atoms with van der Waals surface area (Å²) in [5.41, 5.74) is 10.4. The van der Waals surface area contributed by atoms with Crippen LogP contribution in [0.3, 0.4) is 0 Å². The molecule has 0 fully saturated rings. The van der Waals surface area contributed by atoms with E-state index in [-0.39, 0.29) is 17.3 Å². The number of carboxylic acid groups (broad SMARTS) is 1. The van der Waals surface area contributed by atoms with Crippen molar-refractivity contribution >= 4 is 18.1 Å². The zero-order valence-electron chi connectivity index (χ0n) is 8.16. The van der Waals surface area contributed by atoms with Crippen LogP contribution in [0.2, 0.25) is 0 Å². The summed E-state index contributed by atoms with van der Waals surface area (Å²) < 4.78 is 0. The summed E-state index contributed by atoms with van der Waals surface area (Å²) in [6.45, 7) is 0. The van der Waals surface area contributed by atoms with Crippen molar-refractivity contribution in [1.29, 1.82) is 0 Å². The predicted molar refractivity (Wildman–Crippen MR) is 58.5 cm³/mol. The molecule has 0 saturated carbocycles. The number of guanidine groups is 1. The van der Waals surface area contributed by atoms with Gasteiger partial charge in [0.05, 0.1) is 6.21 Å². The summed E-state index contributed by atoms with van der Waals surface area (Å²) >= 11 is 0. The zero-order chi connectivity index (χ0) is 12.1. The van der Waals surface area contributed by atoms with Gasteiger partial charge < -0.3 is 21.7 Å². The van der Waals surface area contributed by atoms with Crippen molar-refractivity contribution in [2.24, 2.45) is 21.7 Å². The number of benzene rings is 1. The molecular formula is C9H10N4O3. The standard InChI is InChI=1S/C9H10N4O3/c10-9(11)13-12-4-5-1-2-6(8(15)16)7(14)3-5/h1-4,14H,(H,15,16)(H4,10,11,13). The number of aromatic hydroxyl groups is 1. The smallest absolute Gasteiger partial charge is 0.339 e. The summed E-state index contributed by atoms with van der Waals surface area (Å²) in [5.74, 6) is -1.74. The Hall–Kier alpha value is -2.57. The van der Waals surface area contributed by atoms with E-state index in [1.165, 1.54) is 24.4 Å². The maximum Gasteiger partial charge on any atom is 0.339 e. The van der Waals surface area contributed by atoms with Gasteiger partial charge in [-0.1, -0.05) is 6.07 Å². The van der Waals surface area contributed by atoms with Gasteiger partial charge in [0.2, 0.25) is 5.96 Å². The van der Waals surface area contributed by atoms with Crippen LogP contribution in [0.15, 0.2) is 28.4 Å². The number of aromatic carboxylic acids is 1. The van der Waals surface area contributed by atoms with E-state index in [0.29, 0.717) is 5.56 Å². The first-order valence-corrected chi connectivity index (χ1v) is 4.19. The molecule has 16 heavy (non-hydrogen) atoms. The van der Waals surface area contributed by atoms with Gasteiger partial charge in [0.15, 0.2) is 0 Å². The first kappa shape index (κ1) is 11.5. The quantitative estimate of drug-likeness (QED) is 0.316. The lowest BCUT2D eigenvalue weighted by molar-refractivity contribution is 0.0694. The van der Waals surface area contributed by atoms with Crippen LogP contribution in [0.5, 0.6) is 5.75 Å². The Bertz CT molecular complexity index is 464. The van der Waals surface area contributed by atoms with Gasteiger partial charge in [0, 0.05) is 0 Å². The van der Waals surface area contributed by atoms with Gasteiger partial charge in [-0.25, -0.2) is 4.79 Å². The summed E-state index contributed by atoms with van der Waals surface area (Å²) in [6, 6.07) is 3.97. The van der Waals surface area contributed by atoms with E-state index >= 15 is 0 Å². The summed E-state index contributed by atoms with van der Waals surface area (Å²) in [7, 11) is 0. The number of carboxylic acids is 1. The van der Waals surface area contributed by atoms with Gasteiger partial charge in [-0.3, -0.25) is 0 Å². The average Bonchev–Trinajstić information content (AvgIpc) is 2.16. The van der Waals surface area contributed by atoms with E-state index in [1.54, 1.807) is 0 Å². The fourth-order valence-electron chi connectivity index (χ4n) is 0.972. The Balaban J connectivity index is 2.94. The number of carbonyl (C=O) groups is 1. The Morgan fingerprint density at radius 3 is 2.56 bits per heavy atom. The van der Waals surface area contributed by atoms with Crippen molar-refractivity contribution in [2.75, 3.05) is 0 Å². The highest BCUT2D eigenvalue weighted by atomic mass is 16.4. The molecule has 1 aromatic rings. The fourth-order valence-corrected chi connectivity index (χ4v) is 0.972. The lowest BCUT2D eigenvalue weighted by Crippen LogP contribution is -2.21. The average molecular weight is 222 g/mol. The molecule has 0 saturated heterocycles. The second-order valence-electron chi connectivity index (χ2n) is 2.85. The predicted octanol–water partition coefficient (Wildman–Crippen LogP) is -0.302. The van der Waals surface area contributed by atoms with E-state index in [1.807, 2.05) is 0 Å². The van der Waals surface area contributed by atoms with Crippen LogP contribution < -0.4 is 11.5 Å². The molecule has 0 amide bonds. The maximum atomic E-state index is 10.6. The lowest BCUT2D eigenvalue weighted by Gasteiger charge is -1.99. The lowest BCUT2D eigenvalue weighted by atomic mass is 10.1. The molecule has 0 aliphatic heterocycles. The minimum absolute atomic E-state index is 0.181. The van der Waals surface area contributed by atoms with Gasteiger partial charge in [-0.15, -0.1) is 5.10 Å². The Morgan fingerprint density at radius 2 is 2.06 bits per heavy atom. The normalized spacial score (nSPS) is 10.2. The molecular weight excluding hydrogens is 212 g/mol. The first-order chi connectivity index (χ1) is 7.50. The third kappa shape index (κ3) is 2.98. The Morgan fingerprint density at radius 1 is 1.38 bits per heavy atom. The fraction of sp³-hybridized carbons (Fsp3) is 0. The summed E-state index contributed by atoms with van der Waals surface area (Å²) in [5, 5.41) is 24.9. The van der Waals surface area contributed by atoms with Crippen molar-refractivity contribution in [1.82, 2.24) is 0 Å². The molecule has 0 aromatic heterocycles. The molecule has 0 aliphatic rings. The third-order valence-electron chi connectivity index (χ3n) is 1.63. The molecule has 0 aliphatic carbocycles. The maximum absolute atomic E-state index is 10.6. The largest absolute Gasteiger partial charge is 0.507 e. The third-order valence-corrected chi connectivity index (χ3v) is 1.63. The number of phenols is 1. The molecule has 1 aromatic carbocycles. The van der Waals surface area contributed by atoms with Crippen LogP contribution in [0.25, 0.3) is 0 Å². The molecule has 6 N–H and O–H groups in total. The van der Waals surface area contributed by atoms with Crippen molar-refractivity contribution in [3.05, 3.63) is 29.3 Å². The van der Waals surface area contributed by atoms with Gasteiger partial charge >= 0.3 is 5.97 Å². The molecule has 0 spiro atoms. The SMILES string of the molecule is NC(N)=NN=Cc1ccc(C(=O)O)c(O)c1. The van der Waals surface area contributed by atoms with Crippen molar-refractivity contribution < 1.29 is 15.0 Å². The minimum atomic E-state index is -1.20. The molecule has 7 nitrogen and oxygen atoms in total. The molecule has 0 bridgehead atoms.